The maximum Gasteiger partial charge on any atom is 1.00 e. The predicted molar refractivity (Wildman–Crippen MR) is 101 cm³/mol. The van der Waals surface area contributed by atoms with Crippen molar-refractivity contribution in [3.05, 3.63) is 5.92 Å². The summed E-state index contributed by atoms with van der Waals surface area (Å²) in [4.78, 5) is 24.1. The van der Waals surface area contributed by atoms with Crippen molar-refractivity contribution in [1.82, 2.24) is 5.32 Å². The summed E-state index contributed by atoms with van der Waals surface area (Å²) in [5, 5.41) is 12.1. The zero-order chi connectivity index (χ0) is 20.1. The molecule has 0 heterocycles. The van der Waals surface area contributed by atoms with E-state index in [0.717, 1.165) is 12.8 Å². The van der Waals surface area contributed by atoms with Crippen molar-refractivity contribution in [2.24, 2.45) is 10.8 Å². The van der Waals surface area contributed by atoms with E-state index in [1.165, 1.54) is 5.92 Å². The summed E-state index contributed by atoms with van der Waals surface area (Å²) in [5.74, 6) is -0.110. The van der Waals surface area contributed by atoms with Gasteiger partial charge in [-0.3, -0.25) is 4.79 Å². The molecule has 0 bridgehead atoms. The zero-order valence-corrected chi connectivity index (χ0v) is 21.7. The summed E-state index contributed by atoms with van der Waals surface area (Å²) >= 11 is 0. The molecule has 5 nitrogen and oxygen atoms in total. The summed E-state index contributed by atoms with van der Waals surface area (Å²) in [6, 6.07) is -1.04. The number of amides is 1. The Morgan fingerprint density at radius 3 is 1.92 bits per heavy atom. The van der Waals surface area contributed by atoms with Crippen LogP contribution in [-0.4, -0.2) is 35.2 Å². The molecule has 1 amide bonds. The molecule has 0 spiro atoms. The third kappa shape index (κ3) is 12.8. The van der Waals surface area contributed by atoms with Crippen molar-refractivity contribution in [2.75, 3.05) is 6.61 Å². The van der Waals surface area contributed by atoms with Gasteiger partial charge in [-0.1, -0.05) is 34.6 Å². The Labute approximate surface area is 202 Å². The Bertz CT molecular complexity index is 453. The van der Waals surface area contributed by atoms with Crippen LogP contribution in [0.4, 0.5) is 0 Å². The number of hydrogen-bond acceptors (Lipinski definition) is 3. The van der Waals surface area contributed by atoms with E-state index in [1.807, 2.05) is 41.5 Å². The fourth-order valence-electron chi connectivity index (χ4n) is 2.54. The van der Waals surface area contributed by atoms with Crippen LogP contribution in [-0.2, 0) is 14.3 Å². The predicted octanol–water partition coefficient (Wildman–Crippen LogP) is 1.21. The Hall–Kier alpha value is 0.536. The SMILES string of the molecule is C[C-](C)CC(C)(C)OCC(NC(=O)C(C)(C)CCC(C)(C)C)C(=O)O.[K+]. The van der Waals surface area contributed by atoms with Gasteiger partial charge in [0.05, 0.1) is 6.61 Å². The van der Waals surface area contributed by atoms with Gasteiger partial charge in [-0.05, 0) is 32.1 Å². The summed E-state index contributed by atoms with van der Waals surface area (Å²) in [7, 11) is 0. The van der Waals surface area contributed by atoms with E-state index in [2.05, 4.69) is 26.1 Å². The van der Waals surface area contributed by atoms with E-state index < -0.39 is 23.0 Å². The van der Waals surface area contributed by atoms with Gasteiger partial charge in [-0.25, -0.2) is 4.79 Å². The second kappa shape index (κ2) is 11.5. The first-order valence-corrected chi connectivity index (χ1v) is 9.02. The molecule has 0 aliphatic rings. The first kappa shape index (κ1) is 28.7. The number of hydrogen-bond donors (Lipinski definition) is 2. The molecule has 148 valence electrons. The number of aliphatic carboxylic acids is 1. The van der Waals surface area contributed by atoms with Gasteiger partial charge >= 0.3 is 57.4 Å². The maximum atomic E-state index is 12.6. The monoisotopic (exact) mass is 395 g/mol. The molecule has 0 radical (unpaired) electrons. The molecule has 0 saturated carbocycles. The molecule has 0 rings (SSSR count). The van der Waals surface area contributed by atoms with Gasteiger partial charge in [0.15, 0.2) is 6.04 Å². The minimum atomic E-state index is -1.08. The molecule has 1 atom stereocenters. The first-order valence-electron chi connectivity index (χ1n) is 9.02. The average Bonchev–Trinajstić information content (AvgIpc) is 2.38. The average molecular weight is 396 g/mol. The molecule has 0 saturated heterocycles. The molecule has 0 aromatic heterocycles. The molecule has 26 heavy (non-hydrogen) atoms. The van der Waals surface area contributed by atoms with Crippen molar-refractivity contribution in [3.8, 4) is 0 Å². The second-order valence-electron chi connectivity index (χ2n) is 9.76. The normalized spacial score (nSPS) is 13.9. The first-order chi connectivity index (χ1) is 11.1. The standard InChI is InChI=1S/C20H38NO4.K/c1-14(2)12-20(8,9)25-13-15(16(22)23)21-17(24)19(6,7)11-10-18(3,4)5;/h15H,10-13H2,1-9H3,(H,21,24)(H,22,23);/q-1;+1. The van der Waals surface area contributed by atoms with Gasteiger partial charge in [0, 0.05) is 11.0 Å². The van der Waals surface area contributed by atoms with Crippen LogP contribution in [0, 0.1) is 16.7 Å². The van der Waals surface area contributed by atoms with Gasteiger partial charge in [0.1, 0.15) is 0 Å². The van der Waals surface area contributed by atoms with Crippen molar-refractivity contribution >= 4 is 11.9 Å². The summed E-state index contributed by atoms with van der Waals surface area (Å²) in [5.41, 5.74) is -0.950. The smallest absolute Gasteiger partial charge is 0.480 e. The Morgan fingerprint density at radius 2 is 1.54 bits per heavy atom. The van der Waals surface area contributed by atoms with Gasteiger partial charge in [-0.15, -0.1) is 6.42 Å². The molecule has 2 N–H and O–H groups in total. The minimum absolute atomic E-state index is 0. The Morgan fingerprint density at radius 1 is 1.04 bits per heavy atom. The molecule has 0 aliphatic heterocycles. The van der Waals surface area contributed by atoms with Crippen LogP contribution in [0.5, 0.6) is 0 Å². The molecule has 0 aromatic carbocycles. The van der Waals surface area contributed by atoms with E-state index >= 15 is 0 Å². The summed E-state index contributed by atoms with van der Waals surface area (Å²) in [6.07, 6.45) is 2.33. The van der Waals surface area contributed by atoms with Crippen LogP contribution in [0.25, 0.3) is 0 Å². The van der Waals surface area contributed by atoms with Crippen molar-refractivity contribution in [3.63, 3.8) is 0 Å². The molecule has 6 heteroatoms. The number of rotatable bonds is 10. The third-order valence-corrected chi connectivity index (χ3v) is 4.14. The van der Waals surface area contributed by atoms with E-state index in [1.54, 1.807) is 0 Å². The van der Waals surface area contributed by atoms with Crippen molar-refractivity contribution < 1.29 is 70.8 Å². The van der Waals surface area contributed by atoms with E-state index in [4.69, 9.17) is 4.74 Å². The van der Waals surface area contributed by atoms with E-state index in [0.29, 0.717) is 6.42 Å². The molecular weight excluding hydrogens is 357 g/mol. The minimum Gasteiger partial charge on any atom is -0.480 e. The quantitative estimate of drug-likeness (QED) is 0.431. The maximum absolute atomic E-state index is 12.6. The molecular formula is C20H38KNO4. The third-order valence-electron chi connectivity index (χ3n) is 4.14. The molecule has 0 fully saturated rings. The second-order valence-corrected chi connectivity index (χ2v) is 9.76. The van der Waals surface area contributed by atoms with Crippen LogP contribution in [0.2, 0.25) is 0 Å². The fraction of sp³-hybridized carbons (Fsp3) is 0.850. The van der Waals surface area contributed by atoms with Gasteiger partial charge in [-0.2, -0.15) is 13.8 Å². The van der Waals surface area contributed by atoms with Crippen molar-refractivity contribution in [2.45, 2.75) is 93.2 Å². The van der Waals surface area contributed by atoms with Crippen molar-refractivity contribution in [1.29, 1.82) is 0 Å². The van der Waals surface area contributed by atoms with Crippen LogP contribution in [0.1, 0.15) is 81.6 Å². The number of carboxylic acid groups (broad SMARTS) is 1. The topological polar surface area (TPSA) is 75.6 Å². The summed E-state index contributed by atoms with van der Waals surface area (Å²) in [6.45, 7) is 17.9. The van der Waals surface area contributed by atoms with E-state index in [9.17, 15) is 14.7 Å². The zero-order valence-electron chi connectivity index (χ0n) is 18.6. The van der Waals surface area contributed by atoms with Crippen LogP contribution < -0.4 is 56.7 Å². The number of nitrogens with one attached hydrogen (secondary N) is 1. The number of ether oxygens (including phenoxy) is 1. The summed E-state index contributed by atoms with van der Waals surface area (Å²) < 4.78 is 5.78. The van der Waals surface area contributed by atoms with Gasteiger partial charge in [0.2, 0.25) is 5.91 Å². The van der Waals surface area contributed by atoms with Crippen LogP contribution >= 0.6 is 0 Å². The van der Waals surface area contributed by atoms with Gasteiger partial charge in [0.25, 0.3) is 0 Å². The Balaban J connectivity index is 0. The largest absolute Gasteiger partial charge is 1.00 e. The number of carbonyl (C=O) groups excluding carboxylic acids is 1. The number of carboxylic acids is 1. The fourth-order valence-corrected chi connectivity index (χ4v) is 2.54. The van der Waals surface area contributed by atoms with Crippen LogP contribution in [0.15, 0.2) is 0 Å². The van der Waals surface area contributed by atoms with E-state index in [-0.39, 0.29) is 69.3 Å². The van der Waals surface area contributed by atoms with Gasteiger partial charge < -0.3 is 21.1 Å². The Kier molecular flexibility index (Phi) is 12.7. The van der Waals surface area contributed by atoms with Crippen LogP contribution in [0.3, 0.4) is 0 Å². The molecule has 0 aliphatic carbocycles. The number of carbonyl (C=O) groups is 2. The molecule has 1 unspecified atom stereocenters. The molecule has 0 aromatic rings.